The van der Waals surface area contributed by atoms with Crippen molar-refractivity contribution in [3.63, 3.8) is 0 Å². The Morgan fingerprint density at radius 1 is 1.56 bits per heavy atom. The van der Waals surface area contributed by atoms with Gasteiger partial charge in [-0.3, -0.25) is 0 Å². The molecule has 0 N–H and O–H groups in total. The van der Waals surface area contributed by atoms with E-state index < -0.39 is 15.9 Å². The van der Waals surface area contributed by atoms with Crippen LogP contribution in [-0.4, -0.2) is 23.3 Å². The molecular weight excluding hydrogens is 228 g/mol. The molecular formula is C10H18N2O3S. The second-order valence-electron chi connectivity index (χ2n) is 3.33. The molecule has 0 fully saturated rings. The number of hydrogen-bond acceptors (Lipinski definition) is 3. The van der Waals surface area contributed by atoms with Gasteiger partial charge in [-0.25, -0.2) is 17.6 Å². The Balaban J connectivity index is 0.000000293. The van der Waals surface area contributed by atoms with Crippen LogP contribution in [0.2, 0.25) is 0 Å². The number of imidazole rings is 1. The molecule has 0 bridgehead atoms. The highest BCUT2D eigenvalue weighted by molar-refractivity contribution is 7.85. The van der Waals surface area contributed by atoms with Crippen LogP contribution < -0.4 is 4.57 Å². The Labute approximate surface area is 96.8 Å². The fraction of sp³-hybridized carbons (Fsp3) is 0.500. The number of nitrogens with zero attached hydrogens (tertiary/aromatic N) is 2. The maximum Gasteiger partial charge on any atom is 0.243 e. The smallest absolute Gasteiger partial charge is 0.243 e. The molecule has 0 aliphatic carbocycles. The van der Waals surface area contributed by atoms with Gasteiger partial charge < -0.3 is 4.55 Å². The molecule has 92 valence electrons. The van der Waals surface area contributed by atoms with Crippen LogP contribution in [0, 0.1) is 0 Å². The quantitative estimate of drug-likeness (QED) is 0.440. The predicted octanol–water partition coefficient (Wildman–Crippen LogP) is 0.440. The standard InChI is InChI=1S/C7H13N2.C3H6O3S/c1-3-4-9-6-5-8(2)7-9;1-2-3-7(4,5)6/h5-7H,3-4H2,1-2H3;2H,1,3H2,(H,4,5,6)/q+1;/p-1. The van der Waals surface area contributed by atoms with Crippen LogP contribution >= 0.6 is 0 Å². The van der Waals surface area contributed by atoms with Gasteiger partial charge >= 0.3 is 0 Å². The van der Waals surface area contributed by atoms with E-state index in [4.69, 9.17) is 0 Å². The maximum atomic E-state index is 9.60. The van der Waals surface area contributed by atoms with Crippen LogP contribution in [0.3, 0.4) is 0 Å². The van der Waals surface area contributed by atoms with Crippen LogP contribution in [0.1, 0.15) is 13.3 Å². The van der Waals surface area contributed by atoms with Crippen molar-refractivity contribution in [2.24, 2.45) is 7.05 Å². The van der Waals surface area contributed by atoms with Crippen LogP contribution in [0.15, 0.2) is 31.4 Å². The molecule has 1 aromatic rings. The molecule has 0 saturated heterocycles. The first kappa shape index (κ1) is 14.9. The second-order valence-corrected chi connectivity index (χ2v) is 4.78. The van der Waals surface area contributed by atoms with Crippen LogP contribution in [-0.2, 0) is 23.7 Å². The first-order valence-electron chi connectivity index (χ1n) is 4.94. The van der Waals surface area contributed by atoms with E-state index in [1.54, 1.807) is 0 Å². The van der Waals surface area contributed by atoms with Crippen molar-refractivity contribution in [1.29, 1.82) is 0 Å². The highest BCUT2D eigenvalue weighted by Crippen LogP contribution is 1.85. The molecule has 5 nitrogen and oxygen atoms in total. The van der Waals surface area contributed by atoms with Crippen molar-refractivity contribution in [2.75, 3.05) is 5.75 Å². The summed E-state index contributed by atoms with van der Waals surface area (Å²) >= 11 is 0. The van der Waals surface area contributed by atoms with E-state index in [-0.39, 0.29) is 0 Å². The summed E-state index contributed by atoms with van der Waals surface area (Å²) in [6.07, 6.45) is 8.49. The lowest BCUT2D eigenvalue weighted by molar-refractivity contribution is -0.671. The normalized spacial score (nSPS) is 10.4. The van der Waals surface area contributed by atoms with E-state index >= 15 is 0 Å². The molecule has 0 spiro atoms. The third-order valence-electron chi connectivity index (χ3n) is 1.63. The Kier molecular flexibility index (Phi) is 6.67. The first-order valence-corrected chi connectivity index (χ1v) is 6.52. The molecule has 0 aliphatic rings. The van der Waals surface area contributed by atoms with Gasteiger partial charge in [0.05, 0.1) is 29.5 Å². The summed E-state index contributed by atoms with van der Waals surface area (Å²) < 4.78 is 33.0. The number of aromatic nitrogens is 2. The Hall–Kier alpha value is -1.14. The van der Waals surface area contributed by atoms with Crippen LogP contribution in [0.25, 0.3) is 0 Å². The van der Waals surface area contributed by atoms with Gasteiger partial charge in [-0.05, 0) is 6.42 Å². The molecule has 1 aromatic heterocycles. The van der Waals surface area contributed by atoms with Crippen molar-refractivity contribution in [3.8, 4) is 0 Å². The van der Waals surface area contributed by atoms with Crippen molar-refractivity contribution >= 4 is 10.1 Å². The second kappa shape index (κ2) is 7.19. The van der Waals surface area contributed by atoms with Gasteiger partial charge in [0.25, 0.3) is 0 Å². The van der Waals surface area contributed by atoms with Gasteiger partial charge in [0.2, 0.25) is 6.33 Å². The van der Waals surface area contributed by atoms with Gasteiger partial charge in [-0.2, -0.15) is 0 Å². The van der Waals surface area contributed by atoms with Crippen molar-refractivity contribution in [3.05, 3.63) is 31.4 Å². The van der Waals surface area contributed by atoms with Crippen LogP contribution in [0.4, 0.5) is 0 Å². The van der Waals surface area contributed by atoms with Crippen LogP contribution in [0.5, 0.6) is 0 Å². The zero-order chi connectivity index (χ0) is 12.6. The maximum absolute atomic E-state index is 9.60. The highest BCUT2D eigenvalue weighted by Gasteiger charge is 1.94. The Morgan fingerprint density at radius 2 is 2.19 bits per heavy atom. The first-order chi connectivity index (χ1) is 7.39. The number of rotatable bonds is 4. The SMILES string of the molecule is C=CCS(=O)(=O)[O-].CCCn1cc[n+](C)c1. The average Bonchev–Trinajstić information content (AvgIpc) is 2.51. The summed E-state index contributed by atoms with van der Waals surface area (Å²) in [5, 5.41) is 0. The van der Waals surface area contributed by atoms with Gasteiger partial charge in [-0.15, -0.1) is 6.58 Å². The van der Waals surface area contributed by atoms with Gasteiger partial charge in [0.15, 0.2) is 0 Å². The molecule has 6 heteroatoms. The molecule has 0 saturated carbocycles. The van der Waals surface area contributed by atoms with Gasteiger partial charge in [0, 0.05) is 0 Å². The zero-order valence-electron chi connectivity index (χ0n) is 9.67. The average molecular weight is 246 g/mol. The number of hydrogen-bond donors (Lipinski definition) is 0. The predicted molar refractivity (Wildman–Crippen MR) is 60.7 cm³/mol. The van der Waals surface area contributed by atoms with Crippen molar-refractivity contribution in [2.45, 2.75) is 19.9 Å². The summed E-state index contributed by atoms with van der Waals surface area (Å²) in [5.41, 5.74) is 0. The fourth-order valence-electron chi connectivity index (χ4n) is 1.04. The molecule has 16 heavy (non-hydrogen) atoms. The fourth-order valence-corrected chi connectivity index (χ4v) is 1.33. The molecule has 0 amide bonds. The monoisotopic (exact) mass is 246 g/mol. The molecule has 0 unspecified atom stereocenters. The van der Waals surface area contributed by atoms with E-state index in [2.05, 4.69) is 41.4 Å². The molecule has 1 rings (SSSR count). The topological polar surface area (TPSA) is 66.0 Å². The highest BCUT2D eigenvalue weighted by atomic mass is 32.2. The lowest BCUT2D eigenvalue weighted by atomic mass is 10.5. The number of aryl methyl sites for hydroxylation is 2. The lowest BCUT2D eigenvalue weighted by Crippen LogP contribution is -2.23. The molecule has 1 heterocycles. The van der Waals surface area contributed by atoms with E-state index in [9.17, 15) is 13.0 Å². The van der Waals surface area contributed by atoms with E-state index in [1.165, 1.54) is 6.42 Å². The van der Waals surface area contributed by atoms with Gasteiger partial charge in [-0.1, -0.05) is 13.0 Å². The zero-order valence-corrected chi connectivity index (χ0v) is 10.5. The third kappa shape index (κ3) is 8.19. The molecule has 0 atom stereocenters. The molecule has 0 radical (unpaired) electrons. The molecule has 0 aliphatic heterocycles. The van der Waals surface area contributed by atoms with Crippen molar-refractivity contribution < 1.29 is 17.5 Å². The Bertz CT molecular complexity index is 409. The van der Waals surface area contributed by atoms with Gasteiger partial charge in [0.1, 0.15) is 12.4 Å². The minimum absolute atomic E-state index is 0.479. The van der Waals surface area contributed by atoms with E-state index in [1.807, 2.05) is 7.05 Å². The lowest BCUT2D eigenvalue weighted by Gasteiger charge is -1.98. The van der Waals surface area contributed by atoms with E-state index in [0.717, 1.165) is 12.6 Å². The summed E-state index contributed by atoms with van der Waals surface area (Å²) in [4.78, 5) is 0. The minimum atomic E-state index is -4.04. The summed E-state index contributed by atoms with van der Waals surface area (Å²) in [6.45, 7) is 6.37. The third-order valence-corrected chi connectivity index (χ3v) is 2.27. The van der Waals surface area contributed by atoms with E-state index in [0.29, 0.717) is 0 Å². The summed E-state index contributed by atoms with van der Waals surface area (Å²) in [7, 11) is -2.01. The minimum Gasteiger partial charge on any atom is -0.748 e. The largest absolute Gasteiger partial charge is 0.748 e. The molecule has 0 aromatic carbocycles. The summed E-state index contributed by atoms with van der Waals surface area (Å²) in [6, 6.07) is 0. The summed E-state index contributed by atoms with van der Waals surface area (Å²) in [5.74, 6) is -0.479. The Morgan fingerprint density at radius 3 is 2.44 bits per heavy atom. The van der Waals surface area contributed by atoms with Crippen molar-refractivity contribution in [1.82, 2.24) is 4.57 Å².